The Morgan fingerprint density at radius 3 is 0.482 bits per heavy atom. The van der Waals surface area contributed by atoms with E-state index in [4.69, 9.17) is 0 Å². The van der Waals surface area contributed by atoms with Gasteiger partial charge in [0.2, 0.25) is 0 Å². The summed E-state index contributed by atoms with van der Waals surface area (Å²) < 4.78 is 0. The molecule has 0 unspecified atom stereocenters. The van der Waals surface area contributed by atoms with Crippen LogP contribution in [0.2, 0.25) is 0 Å². The minimum absolute atomic E-state index is 0.736. The van der Waals surface area contributed by atoms with Crippen LogP contribution in [0.15, 0.2) is 315 Å². The molecule has 2 aliphatic rings. The minimum Gasteiger partial charge on any atom is -0.363 e. The van der Waals surface area contributed by atoms with Crippen LogP contribution in [-0.4, -0.2) is 0 Å². The third kappa shape index (κ3) is 11.0. The van der Waals surface area contributed by atoms with Gasteiger partial charge in [-0.25, -0.2) is 0 Å². The van der Waals surface area contributed by atoms with E-state index in [9.17, 15) is 0 Å². The molecule has 4 heteroatoms. The van der Waals surface area contributed by atoms with Gasteiger partial charge in [-0.15, -0.1) is 0 Å². The van der Waals surface area contributed by atoms with Crippen LogP contribution in [0.3, 0.4) is 0 Å². The first-order valence-corrected chi connectivity index (χ1v) is 30.0. The number of anilines is 4. The Kier molecular flexibility index (Phi) is 14.9. The number of hydrogen-bond donors (Lipinski definition) is 0. The Hall–Kier alpha value is -10.2. The van der Waals surface area contributed by atoms with Gasteiger partial charge >= 0.3 is 0 Å². The summed E-state index contributed by atoms with van der Waals surface area (Å²) in [5.41, 5.74) is 24.6. The van der Waals surface area contributed by atoms with E-state index in [0.29, 0.717) is 0 Å². The second kappa shape index (κ2) is 24.0. The molecule has 0 saturated carbocycles. The zero-order valence-corrected chi connectivity index (χ0v) is 48.0. The SMILES string of the molecule is c1ccc(CN(Cc2ccccc2)c2ccc3c(c2)C2(c4cc(N(Cc5ccccc5)Cc5ccccc5)ccc4-3)c3cc(N(Cc4ccccc4)Cc4ccccc4)ccc3-c3ccc(N(Cc4ccccc4)Cc4ccccc4)cc32)cc1. The highest BCUT2D eigenvalue weighted by Crippen LogP contribution is 2.65. The fourth-order valence-electron chi connectivity index (χ4n) is 13.4. The van der Waals surface area contributed by atoms with Crippen molar-refractivity contribution >= 4 is 22.7 Å². The quantitative estimate of drug-likeness (QED) is 0.0754. The first kappa shape index (κ1) is 52.9. The summed E-state index contributed by atoms with van der Waals surface area (Å²) in [7, 11) is 0. The summed E-state index contributed by atoms with van der Waals surface area (Å²) in [4.78, 5) is 10.3. The van der Waals surface area contributed by atoms with E-state index in [-0.39, 0.29) is 0 Å². The van der Waals surface area contributed by atoms with E-state index in [1.54, 1.807) is 0 Å². The van der Waals surface area contributed by atoms with Crippen LogP contribution < -0.4 is 19.6 Å². The van der Waals surface area contributed by atoms with Crippen LogP contribution in [0.1, 0.15) is 66.8 Å². The molecule has 0 radical (unpaired) electrons. The zero-order chi connectivity index (χ0) is 56.8. The van der Waals surface area contributed by atoms with Crippen molar-refractivity contribution in [1.29, 1.82) is 0 Å². The topological polar surface area (TPSA) is 13.0 Å². The Morgan fingerprint density at radius 2 is 0.329 bits per heavy atom. The molecular formula is C81H68N4. The summed E-state index contributed by atoms with van der Waals surface area (Å²) >= 11 is 0. The largest absolute Gasteiger partial charge is 0.363 e. The van der Waals surface area contributed by atoms with Gasteiger partial charge in [0.15, 0.2) is 0 Å². The van der Waals surface area contributed by atoms with Gasteiger partial charge in [0.1, 0.15) is 0 Å². The molecule has 412 valence electrons. The van der Waals surface area contributed by atoms with Crippen molar-refractivity contribution in [2.24, 2.45) is 0 Å². The van der Waals surface area contributed by atoms with Crippen molar-refractivity contribution in [2.45, 2.75) is 57.8 Å². The summed E-state index contributed by atoms with van der Waals surface area (Å²) in [5, 5.41) is 0. The molecule has 14 rings (SSSR count). The average Bonchev–Trinajstić information content (AvgIpc) is 1.52. The molecule has 12 aromatic rings. The maximum absolute atomic E-state index is 2.59. The van der Waals surface area contributed by atoms with Gasteiger partial charge in [0, 0.05) is 75.1 Å². The number of hydrogen-bond acceptors (Lipinski definition) is 4. The predicted octanol–water partition coefficient (Wildman–Crippen LogP) is 18.9. The van der Waals surface area contributed by atoms with Crippen LogP contribution in [0.4, 0.5) is 22.7 Å². The summed E-state index contributed by atoms with van der Waals surface area (Å²) in [5.74, 6) is 0. The van der Waals surface area contributed by atoms with E-state index >= 15 is 0 Å². The van der Waals surface area contributed by atoms with Crippen LogP contribution in [0.5, 0.6) is 0 Å². The van der Waals surface area contributed by atoms with Crippen molar-refractivity contribution in [3.63, 3.8) is 0 Å². The zero-order valence-electron chi connectivity index (χ0n) is 48.0. The van der Waals surface area contributed by atoms with Crippen LogP contribution in [-0.2, 0) is 57.8 Å². The normalized spacial score (nSPS) is 12.2. The molecule has 0 saturated heterocycles. The molecule has 4 nitrogen and oxygen atoms in total. The van der Waals surface area contributed by atoms with E-state index < -0.39 is 5.41 Å². The molecule has 85 heavy (non-hydrogen) atoms. The Bertz CT molecular complexity index is 3460. The van der Waals surface area contributed by atoms with E-state index in [0.717, 1.165) is 52.4 Å². The summed E-state index contributed by atoms with van der Waals surface area (Å²) in [6.07, 6.45) is 0. The summed E-state index contributed by atoms with van der Waals surface area (Å²) in [6, 6.07) is 118. The van der Waals surface area contributed by atoms with Crippen molar-refractivity contribution in [3.05, 3.63) is 382 Å². The lowest BCUT2D eigenvalue weighted by Crippen LogP contribution is -2.29. The lowest BCUT2D eigenvalue weighted by molar-refractivity contribution is 0.762. The third-order valence-corrected chi connectivity index (χ3v) is 17.4. The minimum atomic E-state index is -0.736. The lowest BCUT2D eigenvalue weighted by atomic mass is 9.70. The van der Waals surface area contributed by atoms with Gasteiger partial charge in [-0.2, -0.15) is 0 Å². The van der Waals surface area contributed by atoms with Gasteiger partial charge in [-0.1, -0.05) is 267 Å². The smallest absolute Gasteiger partial charge is 0.0728 e. The molecule has 2 aliphatic carbocycles. The molecule has 0 bridgehead atoms. The van der Waals surface area contributed by atoms with Gasteiger partial charge in [0.05, 0.1) is 5.41 Å². The number of fused-ring (bicyclic) bond motifs is 10. The Balaban J connectivity index is 1.03. The average molecular weight is 1100 g/mol. The second-order valence-electron chi connectivity index (χ2n) is 23.0. The van der Waals surface area contributed by atoms with Crippen molar-refractivity contribution < 1.29 is 0 Å². The third-order valence-electron chi connectivity index (χ3n) is 17.4. The van der Waals surface area contributed by atoms with Crippen molar-refractivity contribution in [1.82, 2.24) is 0 Å². The fourth-order valence-corrected chi connectivity index (χ4v) is 13.4. The summed E-state index contributed by atoms with van der Waals surface area (Å²) in [6.45, 7) is 6.08. The predicted molar refractivity (Wildman–Crippen MR) is 354 cm³/mol. The number of rotatable bonds is 20. The molecule has 0 aliphatic heterocycles. The molecular weight excluding hydrogens is 1030 g/mol. The first-order valence-electron chi connectivity index (χ1n) is 30.0. The molecule has 0 amide bonds. The molecule has 0 heterocycles. The van der Waals surface area contributed by atoms with E-state index in [1.165, 1.54) is 112 Å². The molecule has 12 aromatic carbocycles. The highest BCUT2D eigenvalue weighted by molar-refractivity contribution is 5.97. The van der Waals surface area contributed by atoms with Crippen LogP contribution >= 0.6 is 0 Å². The Morgan fingerprint density at radius 1 is 0.176 bits per heavy atom. The van der Waals surface area contributed by atoms with E-state index in [2.05, 4.69) is 335 Å². The van der Waals surface area contributed by atoms with Gasteiger partial charge in [-0.3, -0.25) is 0 Å². The first-order chi connectivity index (χ1) is 42.1. The van der Waals surface area contributed by atoms with Crippen molar-refractivity contribution in [3.8, 4) is 22.3 Å². The maximum Gasteiger partial charge on any atom is 0.0728 e. The van der Waals surface area contributed by atoms with Gasteiger partial charge in [-0.05, 0) is 138 Å². The van der Waals surface area contributed by atoms with Crippen LogP contribution in [0.25, 0.3) is 22.3 Å². The highest BCUT2D eigenvalue weighted by Gasteiger charge is 2.53. The number of benzene rings is 12. The van der Waals surface area contributed by atoms with Gasteiger partial charge < -0.3 is 19.6 Å². The Labute approximate surface area is 501 Å². The van der Waals surface area contributed by atoms with E-state index in [1.807, 2.05) is 0 Å². The standard InChI is InChI=1S/C81H68N4/c1-9-25-61(26-10-1)53-82(54-62-27-11-2-12-28-62)69-41-45-73-74-46-42-70(83(55-63-29-13-3-14-30-63)56-64-31-15-4-16-32-64)50-78(74)81(77(73)49-69)79-51-71(84(57-65-33-17-5-18-34-65)58-66-35-19-6-20-36-66)43-47-75(79)76-48-44-72(52-80(76)81)85(59-67-37-21-7-22-38-67)60-68-39-23-8-24-40-68/h1-52H,53-60H2. The van der Waals surface area contributed by atoms with Crippen molar-refractivity contribution in [2.75, 3.05) is 19.6 Å². The molecule has 0 fully saturated rings. The molecule has 1 spiro atoms. The fraction of sp³-hybridized carbons (Fsp3) is 0.111. The monoisotopic (exact) mass is 1100 g/mol. The molecule has 0 aromatic heterocycles. The maximum atomic E-state index is 2.59. The molecule has 0 N–H and O–H groups in total. The highest BCUT2D eigenvalue weighted by atomic mass is 15.1. The number of nitrogens with zero attached hydrogens (tertiary/aromatic N) is 4. The van der Waals surface area contributed by atoms with Crippen LogP contribution in [0, 0.1) is 0 Å². The molecule has 0 atom stereocenters. The van der Waals surface area contributed by atoms with Gasteiger partial charge in [0.25, 0.3) is 0 Å². The second-order valence-corrected chi connectivity index (χ2v) is 23.0. The lowest BCUT2D eigenvalue weighted by Gasteiger charge is -2.35.